The highest BCUT2D eigenvalue weighted by Gasteiger charge is 2.23. The predicted octanol–water partition coefficient (Wildman–Crippen LogP) is 1.18. The van der Waals surface area contributed by atoms with Crippen LogP contribution < -0.4 is 9.80 Å². The van der Waals surface area contributed by atoms with Gasteiger partial charge in [-0.1, -0.05) is 12.1 Å². The van der Waals surface area contributed by atoms with Gasteiger partial charge in [0.1, 0.15) is 5.70 Å². The largest absolute Gasteiger partial charge is 0.347 e. The minimum atomic E-state index is -0.510. The molecule has 1 aliphatic rings. The van der Waals surface area contributed by atoms with Crippen molar-refractivity contribution in [3.8, 4) is 0 Å². The number of para-hydroxylation sites is 2. The van der Waals surface area contributed by atoms with Crippen LogP contribution in [0.1, 0.15) is 0 Å². The van der Waals surface area contributed by atoms with E-state index in [1.165, 1.54) is 0 Å². The molecule has 4 nitrogen and oxygen atoms in total. The van der Waals surface area contributed by atoms with Crippen molar-refractivity contribution < 1.29 is 9.59 Å². The summed E-state index contributed by atoms with van der Waals surface area (Å²) in [5.41, 5.74) is 2.31. The van der Waals surface area contributed by atoms with Crippen LogP contribution in [-0.2, 0) is 9.59 Å². The zero-order valence-electron chi connectivity index (χ0n) is 9.18. The van der Waals surface area contributed by atoms with Gasteiger partial charge in [-0.15, -0.1) is 0 Å². The highest BCUT2D eigenvalue weighted by molar-refractivity contribution is 6.34. The summed E-state index contributed by atoms with van der Waals surface area (Å²) in [5, 5.41) is 0. The average molecular weight is 216 g/mol. The monoisotopic (exact) mass is 216 g/mol. The van der Waals surface area contributed by atoms with Gasteiger partial charge in [-0.3, -0.25) is 9.59 Å². The van der Waals surface area contributed by atoms with Crippen LogP contribution in [0, 0.1) is 0 Å². The van der Waals surface area contributed by atoms with E-state index in [4.69, 9.17) is 0 Å². The third kappa shape index (κ3) is 1.48. The molecule has 4 heteroatoms. The summed E-state index contributed by atoms with van der Waals surface area (Å²) in [6, 6.07) is 7.71. The van der Waals surface area contributed by atoms with E-state index in [-0.39, 0.29) is 0 Å². The van der Waals surface area contributed by atoms with Crippen molar-refractivity contribution in [1.82, 2.24) is 0 Å². The molecule has 1 aromatic rings. The Morgan fingerprint density at radius 2 is 1.81 bits per heavy atom. The second-order valence-electron chi connectivity index (χ2n) is 3.66. The van der Waals surface area contributed by atoms with Gasteiger partial charge in [0.2, 0.25) is 5.78 Å². The Hall–Kier alpha value is -2.10. The Kier molecular flexibility index (Phi) is 2.48. The molecule has 0 unspecified atom stereocenters. The van der Waals surface area contributed by atoms with Crippen LogP contribution in [0.4, 0.5) is 11.4 Å². The average Bonchev–Trinajstić information content (AvgIpc) is 2.33. The van der Waals surface area contributed by atoms with Gasteiger partial charge < -0.3 is 9.80 Å². The van der Waals surface area contributed by atoms with E-state index in [0.717, 1.165) is 11.4 Å². The molecule has 1 aliphatic heterocycles. The van der Waals surface area contributed by atoms with Crippen LogP contribution in [0.2, 0.25) is 0 Å². The highest BCUT2D eigenvalue weighted by Crippen LogP contribution is 2.34. The summed E-state index contributed by atoms with van der Waals surface area (Å²) < 4.78 is 0. The maximum absolute atomic E-state index is 11.4. The summed E-state index contributed by atoms with van der Waals surface area (Å²) in [6.45, 7) is 0. The number of allylic oxidation sites excluding steroid dienone is 1. The maximum Gasteiger partial charge on any atom is 0.243 e. The van der Waals surface area contributed by atoms with Crippen LogP contribution in [0.25, 0.3) is 0 Å². The molecule has 0 spiro atoms. The molecule has 16 heavy (non-hydrogen) atoms. The van der Waals surface area contributed by atoms with Gasteiger partial charge in [0.25, 0.3) is 0 Å². The Labute approximate surface area is 93.8 Å². The van der Waals surface area contributed by atoms with Crippen LogP contribution >= 0.6 is 0 Å². The number of fused-ring (bicyclic) bond motifs is 1. The topological polar surface area (TPSA) is 40.6 Å². The first-order valence-corrected chi connectivity index (χ1v) is 4.92. The number of likely N-dealkylation sites (N-methyl/N-ethyl adjacent to an activating group) is 1. The molecule has 82 valence electrons. The quantitative estimate of drug-likeness (QED) is 0.550. The van der Waals surface area contributed by atoms with E-state index < -0.39 is 5.78 Å². The van der Waals surface area contributed by atoms with Gasteiger partial charge in [0.15, 0.2) is 6.29 Å². The van der Waals surface area contributed by atoms with Crippen LogP contribution in [0.15, 0.2) is 36.2 Å². The normalized spacial score (nSPS) is 14.2. The van der Waals surface area contributed by atoms with Crippen LogP contribution in [0.3, 0.4) is 0 Å². The van der Waals surface area contributed by atoms with E-state index >= 15 is 0 Å². The van der Waals surface area contributed by atoms with Gasteiger partial charge in [-0.25, -0.2) is 0 Å². The minimum Gasteiger partial charge on any atom is -0.347 e. The first kappa shape index (κ1) is 10.4. The SMILES string of the molecule is CN1C=C(C(=O)C=O)N(C)c2ccccc21. The summed E-state index contributed by atoms with van der Waals surface area (Å²) >= 11 is 0. The van der Waals surface area contributed by atoms with Gasteiger partial charge in [0.05, 0.1) is 11.4 Å². The molecule has 0 saturated carbocycles. The number of Topliss-reactive ketones (excluding diaryl/α,β-unsaturated/α-hetero) is 1. The number of nitrogens with zero attached hydrogens (tertiary/aromatic N) is 2. The first-order valence-electron chi connectivity index (χ1n) is 4.92. The molecule has 1 heterocycles. The smallest absolute Gasteiger partial charge is 0.243 e. The summed E-state index contributed by atoms with van der Waals surface area (Å²) in [4.78, 5) is 25.5. The number of anilines is 2. The molecule has 0 atom stereocenters. The van der Waals surface area contributed by atoms with Crippen LogP contribution in [-0.4, -0.2) is 26.2 Å². The molecule has 1 aromatic carbocycles. The van der Waals surface area contributed by atoms with Crippen LogP contribution in [0.5, 0.6) is 0 Å². The minimum absolute atomic E-state index is 0.337. The second kappa shape index (κ2) is 3.81. The molecular formula is C12H12N2O2. The molecule has 0 aliphatic carbocycles. The Morgan fingerprint density at radius 3 is 2.44 bits per heavy atom. The van der Waals surface area contributed by atoms with E-state index in [9.17, 15) is 9.59 Å². The maximum atomic E-state index is 11.4. The Balaban J connectivity index is 2.50. The zero-order chi connectivity index (χ0) is 11.7. The van der Waals surface area contributed by atoms with Crippen molar-refractivity contribution in [3.05, 3.63) is 36.2 Å². The molecule has 2 rings (SSSR count). The van der Waals surface area contributed by atoms with Gasteiger partial charge >= 0.3 is 0 Å². The fraction of sp³-hybridized carbons (Fsp3) is 0.167. The molecule has 0 saturated heterocycles. The first-order chi connectivity index (χ1) is 7.65. The third-order valence-corrected chi connectivity index (χ3v) is 2.66. The summed E-state index contributed by atoms with van der Waals surface area (Å²) in [6.07, 6.45) is 2.00. The number of carbonyl (C=O) groups excluding carboxylic acids is 2. The number of ketones is 1. The molecule has 0 N–H and O–H groups in total. The van der Waals surface area contributed by atoms with E-state index in [1.807, 2.05) is 36.2 Å². The molecular weight excluding hydrogens is 204 g/mol. The summed E-state index contributed by atoms with van der Waals surface area (Å²) in [7, 11) is 3.63. The number of hydrogen-bond acceptors (Lipinski definition) is 4. The van der Waals surface area contributed by atoms with Crippen molar-refractivity contribution in [2.24, 2.45) is 0 Å². The number of rotatable bonds is 2. The Morgan fingerprint density at radius 1 is 1.19 bits per heavy atom. The van der Waals surface area contributed by atoms with Crippen molar-refractivity contribution in [1.29, 1.82) is 0 Å². The van der Waals surface area contributed by atoms with Crippen molar-refractivity contribution in [2.75, 3.05) is 23.9 Å². The van der Waals surface area contributed by atoms with E-state index in [1.54, 1.807) is 18.1 Å². The van der Waals surface area contributed by atoms with Crippen molar-refractivity contribution in [2.45, 2.75) is 0 Å². The lowest BCUT2D eigenvalue weighted by molar-refractivity contribution is -0.127. The van der Waals surface area contributed by atoms with Crippen molar-refractivity contribution in [3.63, 3.8) is 0 Å². The number of aldehydes is 1. The third-order valence-electron chi connectivity index (χ3n) is 2.66. The zero-order valence-corrected chi connectivity index (χ0v) is 9.18. The lowest BCUT2D eigenvalue weighted by Gasteiger charge is -2.32. The molecule has 0 amide bonds. The Bertz CT molecular complexity index is 480. The van der Waals surface area contributed by atoms with Gasteiger partial charge in [-0.2, -0.15) is 0 Å². The predicted molar refractivity (Wildman–Crippen MR) is 62.4 cm³/mol. The number of hydrogen-bond donors (Lipinski definition) is 0. The second-order valence-corrected chi connectivity index (χ2v) is 3.66. The molecule has 0 fully saturated rings. The fourth-order valence-corrected chi connectivity index (χ4v) is 1.80. The molecule has 0 aromatic heterocycles. The fourth-order valence-electron chi connectivity index (χ4n) is 1.80. The molecule has 0 radical (unpaired) electrons. The van der Waals surface area contributed by atoms with E-state index in [2.05, 4.69) is 0 Å². The standard InChI is InChI=1S/C12H12N2O2/c1-13-7-11(12(16)8-15)14(2)10-6-4-3-5-9(10)13/h3-8H,1-2H3. The highest BCUT2D eigenvalue weighted by atomic mass is 16.2. The van der Waals surface area contributed by atoms with Gasteiger partial charge in [-0.05, 0) is 12.1 Å². The van der Waals surface area contributed by atoms with Gasteiger partial charge in [0, 0.05) is 20.3 Å². The van der Waals surface area contributed by atoms with Crippen molar-refractivity contribution >= 4 is 23.4 Å². The lowest BCUT2D eigenvalue weighted by Crippen LogP contribution is -2.31. The lowest BCUT2D eigenvalue weighted by atomic mass is 10.1. The molecule has 0 bridgehead atoms. The summed E-state index contributed by atoms with van der Waals surface area (Å²) in [5.74, 6) is -0.510. The number of benzene rings is 1. The van der Waals surface area contributed by atoms with E-state index in [0.29, 0.717) is 12.0 Å². The number of carbonyl (C=O) groups is 2.